The number of hydrogen-bond acceptors (Lipinski definition) is 9. The Balaban J connectivity index is 0.718. The minimum Gasteiger partial charge on any atom is -0.372 e. The lowest BCUT2D eigenvalue weighted by Crippen LogP contribution is -2.43. The van der Waals surface area contributed by atoms with Gasteiger partial charge < -0.3 is 29.8 Å². The molecule has 5 aliphatic rings. The molecule has 10 rings (SSSR count). The predicted molar refractivity (Wildman–Crippen MR) is 275 cm³/mol. The molecule has 0 spiro atoms. The summed E-state index contributed by atoms with van der Waals surface area (Å²) in [6, 6.07) is 19.6. The Morgan fingerprint density at radius 2 is 1.65 bits per heavy atom. The number of benzene rings is 3. The highest BCUT2D eigenvalue weighted by Crippen LogP contribution is 2.44. The van der Waals surface area contributed by atoms with E-state index in [0.717, 1.165) is 117 Å². The van der Waals surface area contributed by atoms with E-state index in [1.165, 1.54) is 0 Å². The van der Waals surface area contributed by atoms with Gasteiger partial charge in [-0.25, -0.2) is 8.78 Å². The van der Waals surface area contributed by atoms with E-state index in [4.69, 9.17) is 16.7 Å². The van der Waals surface area contributed by atoms with Gasteiger partial charge in [-0.1, -0.05) is 11.6 Å². The highest BCUT2D eigenvalue weighted by atomic mass is 35.5. The summed E-state index contributed by atoms with van der Waals surface area (Å²) in [7, 11) is 3.84. The van der Waals surface area contributed by atoms with Crippen LogP contribution >= 0.6 is 11.6 Å². The molecule has 2 aromatic heterocycles. The van der Waals surface area contributed by atoms with Gasteiger partial charge in [0.05, 0.1) is 29.4 Å². The number of rotatable bonds is 11. The van der Waals surface area contributed by atoms with Gasteiger partial charge in [0.1, 0.15) is 6.07 Å². The fourth-order valence-corrected chi connectivity index (χ4v) is 12.1. The second-order valence-electron chi connectivity index (χ2n) is 20.6. The number of piperidine rings is 2. The number of anilines is 4. The van der Waals surface area contributed by atoms with Gasteiger partial charge in [-0.15, -0.1) is 0 Å². The normalized spacial score (nSPS) is 19.8. The molecule has 1 N–H and O–H groups in total. The summed E-state index contributed by atoms with van der Waals surface area (Å²) in [6.07, 6.45) is 10.5. The van der Waals surface area contributed by atoms with Crippen LogP contribution in [-0.4, -0.2) is 105 Å². The summed E-state index contributed by atoms with van der Waals surface area (Å²) in [5.41, 5.74) is 8.11. The van der Waals surface area contributed by atoms with E-state index >= 15 is 0 Å². The van der Waals surface area contributed by atoms with E-state index in [1.807, 2.05) is 52.3 Å². The maximum atomic E-state index is 14.8. The van der Waals surface area contributed by atoms with Crippen LogP contribution in [0.25, 0.3) is 11.1 Å². The van der Waals surface area contributed by atoms with E-state index in [-0.39, 0.29) is 35.4 Å². The molecule has 5 aromatic rings. The Bertz CT molecular complexity index is 2850. The lowest BCUT2D eigenvalue weighted by Gasteiger charge is -2.36. The molecule has 0 atom stereocenters. The zero-order chi connectivity index (χ0) is 50.2. The summed E-state index contributed by atoms with van der Waals surface area (Å²) in [4.78, 5) is 50.4. The third-order valence-corrected chi connectivity index (χ3v) is 16.5. The lowest BCUT2D eigenvalue weighted by atomic mass is 9.90. The zero-order valence-corrected chi connectivity index (χ0v) is 42.3. The highest BCUT2D eigenvalue weighted by molar-refractivity contribution is 6.32. The van der Waals surface area contributed by atoms with Crippen LogP contribution in [-0.2, 0) is 36.0 Å². The quantitative estimate of drug-likeness (QED) is 0.137. The molecule has 6 heterocycles. The van der Waals surface area contributed by atoms with Crippen LogP contribution in [0.3, 0.4) is 0 Å². The number of alkyl halides is 2. The van der Waals surface area contributed by atoms with Gasteiger partial charge >= 0.3 is 0 Å². The third kappa shape index (κ3) is 10.1. The van der Waals surface area contributed by atoms with Crippen LogP contribution in [0.5, 0.6) is 0 Å². The molecule has 4 aliphatic heterocycles. The molecule has 0 bridgehead atoms. The molecule has 0 unspecified atom stereocenters. The summed E-state index contributed by atoms with van der Waals surface area (Å²) in [5, 5.41) is 22.5. The molecular formula is C55H64ClF2N11O3. The Labute approximate surface area is 425 Å². The van der Waals surface area contributed by atoms with Crippen molar-refractivity contribution < 1.29 is 23.2 Å². The average Bonchev–Trinajstić information content (AvgIpc) is 4.01. The first-order valence-corrected chi connectivity index (χ1v) is 26.1. The zero-order valence-electron chi connectivity index (χ0n) is 41.5. The minimum absolute atomic E-state index is 0.00326. The van der Waals surface area contributed by atoms with E-state index in [1.54, 1.807) is 43.2 Å². The molecule has 3 fully saturated rings. The Morgan fingerprint density at radius 3 is 2.32 bits per heavy atom. The van der Waals surface area contributed by atoms with Crippen LogP contribution in [0.15, 0.2) is 67.0 Å². The van der Waals surface area contributed by atoms with Crippen molar-refractivity contribution in [2.45, 2.75) is 115 Å². The molecule has 3 aromatic carbocycles. The number of halogens is 3. The van der Waals surface area contributed by atoms with E-state index < -0.39 is 6.43 Å². The molecule has 0 radical (unpaired) electrons. The first-order valence-electron chi connectivity index (χ1n) is 25.7. The fraction of sp³-hybridized carbons (Fsp3) is 0.491. The van der Waals surface area contributed by atoms with Gasteiger partial charge in [0.25, 0.3) is 12.3 Å². The Hall–Kier alpha value is -6.47. The third-order valence-electron chi connectivity index (χ3n) is 16.2. The molecule has 14 nitrogen and oxygen atoms in total. The summed E-state index contributed by atoms with van der Waals surface area (Å²) in [6.45, 7) is 6.21. The number of fused-ring (bicyclic) bond motifs is 2. The van der Waals surface area contributed by atoms with Gasteiger partial charge in [0.15, 0.2) is 5.82 Å². The topological polar surface area (TPSA) is 139 Å². The number of likely N-dealkylation sites (tertiary alicyclic amines) is 1. The largest absolute Gasteiger partial charge is 0.372 e. The number of aromatic nitrogens is 4. The van der Waals surface area contributed by atoms with Crippen molar-refractivity contribution in [1.29, 1.82) is 5.26 Å². The summed E-state index contributed by atoms with van der Waals surface area (Å²) < 4.78 is 33.3. The number of aryl methyl sites for hydroxylation is 2. The summed E-state index contributed by atoms with van der Waals surface area (Å²) in [5.74, 6) is 1.18. The number of carbonyl (C=O) groups is 3. The Morgan fingerprint density at radius 1 is 0.903 bits per heavy atom. The molecule has 2 saturated heterocycles. The number of nitrogens with one attached hydrogen (secondary N) is 1. The van der Waals surface area contributed by atoms with Crippen LogP contribution in [0.1, 0.15) is 122 Å². The van der Waals surface area contributed by atoms with Crippen molar-refractivity contribution in [2.75, 3.05) is 61.0 Å². The first-order chi connectivity index (χ1) is 34.8. The molecule has 3 amide bonds. The van der Waals surface area contributed by atoms with Crippen molar-refractivity contribution in [3.63, 3.8) is 0 Å². The summed E-state index contributed by atoms with van der Waals surface area (Å²) >= 11 is 6.30. The number of nitriles is 1. The number of amides is 3. The van der Waals surface area contributed by atoms with Crippen LogP contribution < -0.4 is 20.0 Å². The van der Waals surface area contributed by atoms with Crippen molar-refractivity contribution in [3.05, 3.63) is 106 Å². The molecular weight excluding hydrogens is 936 g/mol. The maximum absolute atomic E-state index is 14.8. The SMILES string of the molecule is CC(=O)N1CCc2c(c(N3CCCc4cc(-c5cnn(C)c5)c(C(F)F)cc43)nn2C2CCN(C(=O)CC3CCN(c4ccc(C(=O)NC5CCC(N(C)c6ccc(C#N)c(Cl)c6)CC5)cc4)CC3)CC2)C1. The highest BCUT2D eigenvalue weighted by Gasteiger charge is 2.36. The molecule has 1 aliphatic carbocycles. The van der Waals surface area contributed by atoms with Crippen LogP contribution in [0.4, 0.5) is 31.7 Å². The van der Waals surface area contributed by atoms with E-state index in [9.17, 15) is 28.4 Å². The van der Waals surface area contributed by atoms with Crippen LogP contribution in [0.2, 0.25) is 5.02 Å². The smallest absolute Gasteiger partial charge is 0.264 e. The monoisotopic (exact) mass is 999 g/mol. The molecule has 1 saturated carbocycles. The molecule has 17 heteroatoms. The van der Waals surface area contributed by atoms with Gasteiger partial charge in [0.2, 0.25) is 11.8 Å². The first kappa shape index (κ1) is 49.1. The van der Waals surface area contributed by atoms with Gasteiger partial charge in [-0.2, -0.15) is 15.5 Å². The van der Waals surface area contributed by atoms with Crippen molar-refractivity contribution in [1.82, 2.24) is 34.7 Å². The van der Waals surface area contributed by atoms with E-state index in [2.05, 4.69) is 42.9 Å². The number of nitrogens with zero attached hydrogens (tertiary/aromatic N) is 10. The second-order valence-corrected chi connectivity index (χ2v) is 21.0. The van der Waals surface area contributed by atoms with E-state index in [0.29, 0.717) is 84.8 Å². The number of hydrogen-bond donors (Lipinski definition) is 1. The van der Waals surface area contributed by atoms with Crippen LogP contribution in [0, 0.1) is 17.2 Å². The molecule has 72 heavy (non-hydrogen) atoms. The fourth-order valence-electron chi connectivity index (χ4n) is 11.9. The Kier molecular flexibility index (Phi) is 14.3. The van der Waals surface area contributed by atoms with Gasteiger partial charge in [-0.3, -0.25) is 23.7 Å². The minimum atomic E-state index is -2.68. The second kappa shape index (κ2) is 20.9. The van der Waals surface area contributed by atoms with Crippen molar-refractivity contribution in [2.24, 2.45) is 13.0 Å². The predicted octanol–water partition coefficient (Wildman–Crippen LogP) is 9.38. The average molecular weight is 1000 g/mol. The lowest BCUT2D eigenvalue weighted by molar-refractivity contribution is -0.133. The van der Waals surface area contributed by atoms with Crippen molar-refractivity contribution >= 4 is 52.2 Å². The van der Waals surface area contributed by atoms with Crippen molar-refractivity contribution in [3.8, 4) is 17.2 Å². The standard InChI is InChI=1S/C55H64ClF2N11O3/c1-35(70)67-26-20-50-48(34-67)54(68-21-4-5-38-28-46(40-32-60-63(2)33-40)47(53(57)58)30-51(38)68)62-69(50)44-18-24-66(25-19-44)52(71)27-36-16-22-65(23-17-36)43-11-6-37(7-12-43)55(72)61-41-9-14-42(15-10-41)64(3)45-13-8-39(31-59)49(56)29-45/h6-8,11-13,28-30,32-33,36,41-42,44,53H,4-5,9-10,14-27,34H2,1-3H3,(H,61,72). The maximum Gasteiger partial charge on any atom is 0.264 e. The number of carbonyl (C=O) groups excluding carboxylic acids is 3. The molecule has 378 valence electrons. The van der Waals surface area contributed by atoms with Gasteiger partial charge in [0, 0.05) is 136 Å². The van der Waals surface area contributed by atoms with Gasteiger partial charge in [-0.05, 0) is 136 Å².